The topological polar surface area (TPSA) is 32.3 Å². The minimum Gasteiger partial charge on any atom is -0.353 e. The summed E-state index contributed by atoms with van der Waals surface area (Å²) < 4.78 is 41.7. The van der Waals surface area contributed by atoms with E-state index in [2.05, 4.69) is 45.7 Å². The molecule has 0 unspecified atom stereocenters. The van der Waals surface area contributed by atoms with E-state index in [0.29, 0.717) is 32.2 Å². The molecular weight excluding hydrogens is 445 g/mol. The molecule has 0 aliphatic carbocycles. The molecular formula is C21H20BrF3N4. The van der Waals surface area contributed by atoms with Crippen molar-refractivity contribution in [2.24, 2.45) is 0 Å². The molecule has 8 heteroatoms. The molecule has 0 bridgehead atoms. The Morgan fingerprint density at radius 1 is 0.862 bits per heavy atom. The van der Waals surface area contributed by atoms with Gasteiger partial charge in [0.1, 0.15) is 5.82 Å². The SMILES string of the molecule is CC(C)c1cc2cc(Br)ccc2nc1N1CCN(c2nc(F)c(F)cc2F)CC1. The van der Waals surface area contributed by atoms with Gasteiger partial charge >= 0.3 is 0 Å². The van der Waals surface area contributed by atoms with Crippen LogP contribution in [0, 0.1) is 17.6 Å². The molecule has 3 aromatic rings. The van der Waals surface area contributed by atoms with Crippen LogP contribution in [-0.2, 0) is 0 Å². The molecule has 4 rings (SSSR count). The van der Waals surface area contributed by atoms with E-state index in [1.807, 2.05) is 18.2 Å². The van der Waals surface area contributed by atoms with Crippen LogP contribution in [0.1, 0.15) is 25.3 Å². The number of halogens is 4. The highest BCUT2D eigenvalue weighted by Gasteiger charge is 2.25. The molecule has 0 radical (unpaired) electrons. The molecule has 29 heavy (non-hydrogen) atoms. The van der Waals surface area contributed by atoms with Crippen LogP contribution in [0.15, 0.2) is 34.8 Å². The maximum atomic E-state index is 14.1. The smallest absolute Gasteiger partial charge is 0.251 e. The molecule has 0 amide bonds. The van der Waals surface area contributed by atoms with Gasteiger partial charge in [-0.2, -0.15) is 9.37 Å². The van der Waals surface area contributed by atoms with Gasteiger partial charge in [-0.05, 0) is 35.7 Å². The summed E-state index contributed by atoms with van der Waals surface area (Å²) in [4.78, 5) is 12.1. The van der Waals surface area contributed by atoms with E-state index in [1.165, 1.54) is 0 Å². The molecule has 0 saturated carbocycles. The molecule has 0 N–H and O–H groups in total. The van der Waals surface area contributed by atoms with Gasteiger partial charge in [0.25, 0.3) is 5.95 Å². The van der Waals surface area contributed by atoms with E-state index in [1.54, 1.807) is 4.90 Å². The van der Waals surface area contributed by atoms with Gasteiger partial charge in [-0.1, -0.05) is 29.8 Å². The Balaban J connectivity index is 1.61. The van der Waals surface area contributed by atoms with Crippen LogP contribution in [0.5, 0.6) is 0 Å². The Morgan fingerprint density at radius 3 is 2.17 bits per heavy atom. The van der Waals surface area contributed by atoms with Crippen molar-refractivity contribution < 1.29 is 13.2 Å². The summed E-state index contributed by atoms with van der Waals surface area (Å²) in [5.41, 5.74) is 2.05. The summed E-state index contributed by atoms with van der Waals surface area (Å²) >= 11 is 3.50. The maximum absolute atomic E-state index is 14.1. The predicted molar refractivity (Wildman–Crippen MR) is 112 cm³/mol. The average molecular weight is 465 g/mol. The Morgan fingerprint density at radius 2 is 1.52 bits per heavy atom. The highest BCUT2D eigenvalue weighted by molar-refractivity contribution is 9.10. The first-order valence-electron chi connectivity index (χ1n) is 9.45. The normalized spacial score (nSPS) is 14.9. The van der Waals surface area contributed by atoms with E-state index in [9.17, 15) is 13.2 Å². The van der Waals surface area contributed by atoms with Crippen LogP contribution < -0.4 is 9.80 Å². The van der Waals surface area contributed by atoms with Crippen molar-refractivity contribution in [1.29, 1.82) is 0 Å². The van der Waals surface area contributed by atoms with Gasteiger partial charge in [-0.25, -0.2) is 13.8 Å². The third-order valence-electron chi connectivity index (χ3n) is 5.15. The molecule has 0 spiro atoms. The van der Waals surface area contributed by atoms with Gasteiger partial charge in [0, 0.05) is 42.1 Å². The van der Waals surface area contributed by atoms with Crippen LogP contribution in [0.25, 0.3) is 10.9 Å². The Hall–Kier alpha value is -2.35. The number of benzene rings is 1. The molecule has 1 fully saturated rings. The van der Waals surface area contributed by atoms with Crippen molar-refractivity contribution in [3.8, 4) is 0 Å². The average Bonchev–Trinajstić information content (AvgIpc) is 2.70. The first-order valence-corrected chi connectivity index (χ1v) is 10.2. The fraction of sp³-hybridized carbons (Fsp3) is 0.333. The summed E-state index contributed by atoms with van der Waals surface area (Å²) in [6.45, 7) is 6.28. The van der Waals surface area contributed by atoms with Crippen molar-refractivity contribution in [3.05, 3.63) is 58.0 Å². The monoisotopic (exact) mass is 464 g/mol. The van der Waals surface area contributed by atoms with Crippen molar-refractivity contribution >= 4 is 38.5 Å². The number of fused-ring (bicyclic) bond motifs is 1. The van der Waals surface area contributed by atoms with Gasteiger partial charge in [0.05, 0.1) is 5.52 Å². The summed E-state index contributed by atoms with van der Waals surface area (Å²) in [5.74, 6) is -2.37. The highest BCUT2D eigenvalue weighted by Crippen LogP contribution is 2.32. The first-order chi connectivity index (χ1) is 13.8. The minimum absolute atomic E-state index is 0.149. The molecule has 2 aromatic heterocycles. The maximum Gasteiger partial charge on any atom is 0.251 e. The largest absolute Gasteiger partial charge is 0.353 e. The summed E-state index contributed by atoms with van der Waals surface area (Å²) in [7, 11) is 0. The number of hydrogen-bond donors (Lipinski definition) is 0. The van der Waals surface area contributed by atoms with Crippen molar-refractivity contribution in [2.75, 3.05) is 36.0 Å². The second kappa shape index (κ2) is 7.82. The zero-order valence-electron chi connectivity index (χ0n) is 16.1. The lowest BCUT2D eigenvalue weighted by Crippen LogP contribution is -2.47. The summed E-state index contributed by atoms with van der Waals surface area (Å²) in [5, 5.41) is 1.07. The number of piperazine rings is 1. The van der Waals surface area contributed by atoms with Crippen molar-refractivity contribution in [3.63, 3.8) is 0 Å². The van der Waals surface area contributed by atoms with Crippen molar-refractivity contribution in [1.82, 2.24) is 9.97 Å². The van der Waals surface area contributed by atoms with Crippen LogP contribution in [0.2, 0.25) is 0 Å². The minimum atomic E-state index is -1.28. The molecule has 1 saturated heterocycles. The van der Waals surface area contributed by atoms with Crippen LogP contribution in [-0.4, -0.2) is 36.1 Å². The zero-order chi connectivity index (χ0) is 20.7. The van der Waals surface area contributed by atoms with E-state index >= 15 is 0 Å². The number of pyridine rings is 2. The highest BCUT2D eigenvalue weighted by atomic mass is 79.9. The standard InChI is InChI=1S/C21H20BrF3N4/c1-12(2)15-10-13-9-14(22)3-4-18(13)26-20(15)28-5-7-29(8-6-28)21-17(24)11-16(23)19(25)27-21/h3-4,9-12H,5-8H2,1-2H3. The number of rotatable bonds is 3. The van der Waals surface area contributed by atoms with E-state index < -0.39 is 17.6 Å². The Bertz CT molecular complexity index is 1070. The van der Waals surface area contributed by atoms with Gasteiger partial charge in [0.2, 0.25) is 0 Å². The second-order valence-corrected chi connectivity index (χ2v) is 8.35. The van der Waals surface area contributed by atoms with Gasteiger partial charge in [-0.3, -0.25) is 0 Å². The van der Waals surface area contributed by atoms with Gasteiger partial charge in [-0.15, -0.1) is 0 Å². The molecule has 0 atom stereocenters. The van der Waals surface area contributed by atoms with Gasteiger partial charge < -0.3 is 9.80 Å². The summed E-state index contributed by atoms with van der Waals surface area (Å²) in [6.07, 6.45) is 0. The van der Waals surface area contributed by atoms with Crippen LogP contribution in [0.3, 0.4) is 0 Å². The van der Waals surface area contributed by atoms with Crippen LogP contribution >= 0.6 is 15.9 Å². The fourth-order valence-corrected chi connectivity index (χ4v) is 4.00. The van der Waals surface area contributed by atoms with Crippen LogP contribution in [0.4, 0.5) is 24.8 Å². The molecule has 1 aromatic carbocycles. The van der Waals surface area contributed by atoms with Crippen molar-refractivity contribution in [2.45, 2.75) is 19.8 Å². The Labute approximate surface area is 175 Å². The van der Waals surface area contributed by atoms with Gasteiger partial charge in [0.15, 0.2) is 17.5 Å². The Kier molecular flexibility index (Phi) is 5.38. The first kappa shape index (κ1) is 19.9. The number of anilines is 2. The second-order valence-electron chi connectivity index (χ2n) is 7.43. The lowest BCUT2D eigenvalue weighted by Gasteiger charge is -2.37. The number of hydrogen-bond acceptors (Lipinski definition) is 4. The summed E-state index contributed by atoms with van der Waals surface area (Å²) in [6, 6.07) is 8.70. The molecule has 3 heterocycles. The lowest BCUT2D eigenvalue weighted by molar-refractivity contribution is 0.461. The third kappa shape index (κ3) is 3.90. The third-order valence-corrected chi connectivity index (χ3v) is 5.65. The lowest BCUT2D eigenvalue weighted by atomic mass is 10.0. The van der Waals surface area contributed by atoms with E-state index in [0.717, 1.165) is 26.8 Å². The molecule has 1 aliphatic heterocycles. The zero-order valence-corrected chi connectivity index (χ0v) is 17.7. The quantitative estimate of drug-likeness (QED) is 0.494. The molecule has 1 aliphatic rings. The van der Waals surface area contributed by atoms with E-state index in [4.69, 9.17) is 4.98 Å². The molecule has 4 nitrogen and oxygen atoms in total. The predicted octanol–water partition coefficient (Wildman–Crippen LogP) is 5.26. The molecule has 152 valence electrons. The number of nitrogens with zero attached hydrogens (tertiary/aromatic N) is 4. The number of aromatic nitrogens is 2. The fourth-order valence-electron chi connectivity index (χ4n) is 3.62. The van der Waals surface area contributed by atoms with E-state index in [-0.39, 0.29) is 11.7 Å².